The topological polar surface area (TPSA) is 17.1 Å². The summed E-state index contributed by atoms with van der Waals surface area (Å²) in [7, 11) is 0. The van der Waals surface area contributed by atoms with Gasteiger partial charge < -0.3 is 4.79 Å². The molecule has 0 aromatic heterocycles. The van der Waals surface area contributed by atoms with Gasteiger partial charge in [-0.3, -0.25) is 0 Å². The third-order valence-electron chi connectivity index (χ3n) is 2.32. The van der Waals surface area contributed by atoms with Crippen molar-refractivity contribution < 1.29 is 4.79 Å². The molecule has 0 unspecified atom stereocenters. The molecule has 0 saturated carbocycles. The molecule has 0 N–H and O–H groups in total. The highest BCUT2D eigenvalue weighted by atomic mass is 32.2. The fourth-order valence-corrected chi connectivity index (χ4v) is 2.09. The van der Waals surface area contributed by atoms with Crippen LogP contribution in [-0.4, -0.2) is 17.8 Å². The van der Waals surface area contributed by atoms with Gasteiger partial charge in [0.2, 0.25) is 0 Å². The van der Waals surface area contributed by atoms with E-state index in [0.29, 0.717) is 5.25 Å². The van der Waals surface area contributed by atoms with Crippen LogP contribution in [0.1, 0.15) is 51.9 Å². The van der Waals surface area contributed by atoms with Gasteiger partial charge in [-0.1, -0.05) is 39.0 Å². The van der Waals surface area contributed by atoms with Crippen molar-refractivity contribution in [2.75, 3.05) is 6.26 Å². The zero-order valence-electron chi connectivity index (χ0n) is 8.92. The summed E-state index contributed by atoms with van der Waals surface area (Å²) in [5.41, 5.74) is 0. The Bertz CT molecular complexity index is 115. The standard InChI is InChI=1S/C11H22OS/c1-3-4-5-6-7-8-11(13-2)9-10-12/h10-11H,3-9H2,1-2H3/t11-/m1/s1. The van der Waals surface area contributed by atoms with Gasteiger partial charge in [-0.05, 0) is 12.7 Å². The summed E-state index contributed by atoms with van der Waals surface area (Å²) in [4.78, 5) is 10.3. The molecule has 1 nitrogen and oxygen atoms in total. The molecule has 2 heteroatoms. The largest absolute Gasteiger partial charge is 0.303 e. The Balaban J connectivity index is 3.22. The molecule has 0 aliphatic heterocycles. The lowest BCUT2D eigenvalue weighted by Gasteiger charge is -2.09. The Morgan fingerprint density at radius 2 is 1.92 bits per heavy atom. The second-order valence-electron chi connectivity index (χ2n) is 3.46. The molecular weight excluding hydrogens is 180 g/mol. The van der Waals surface area contributed by atoms with Crippen molar-refractivity contribution in [3.63, 3.8) is 0 Å². The summed E-state index contributed by atoms with van der Waals surface area (Å²) >= 11 is 1.83. The molecule has 78 valence electrons. The van der Waals surface area contributed by atoms with E-state index in [0.717, 1.165) is 12.7 Å². The third kappa shape index (κ3) is 8.35. The number of thioether (sulfide) groups is 1. The molecule has 0 aliphatic rings. The first kappa shape index (κ1) is 13.0. The maximum absolute atomic E-state index is 10.3. The Labute approximate surface area is 86.7 Å². The minimum atomic E-state index is 0.569. The van der Waals surface area contributed by atoms with Gasteiger partial charge in [0, 0.05) is 11.7 Å². The van der Waals surface area contributed by atoms with Gasteiger partial charge >= 0.3 is 0 Å². The van der Waals surface area contributed by atoms with Gasteiger partial charge in [0.05, 0.1) is 0 Å². The Hall–Kier alpha value is 0.0200. The Kier molecular flexibility index (Phi) is 10.1. The van der Waals surface area contributed by atoms with Crippen LogP contribution in [0.3, 0.4) is 0 Å². The molecule has 1 atom stereocenters. The number of hydrogen-bond acceptors (Lipinski definition) is 2. The number of carbonyl (C=O) groups excluding carboxylic acids is 1. The molecule has 0 amide bonds. The van der Waals surface area contributed by atoms with Crippen molar-refractivity contribution in [1.82, 2.24) is 0 Å². The van der Waals surface area contributed by atoms with Crippen LogP contribution in [0.25, 0.3) is 0 Å². The number of rotatable bonds is 9. The van der Waals surface area contributed by atoms with Crippen molar-refractivity contribution >= 4 is 18.0 Å². The van der Waals surface area contributed by atoms with E-state index in [9.17, 15) is 4.79 Å². The molecule has 13 heavy (non-hydrogen) atoms. The van der Waals surface area contributed by atoms with Crippen molar-refractivity contribution in [3.05, 3.63) is 0 Å². The van der Waals surface area contributed by atoms with E-state index in [1.54, 1.807) is 0 Å². The number of hydrogen-bond donors (Lipinski definition) is 0. The van der Waals surface area contributed by atoms with Gasteiger partial charge in [-0.25, -0.2) is 0 Å². The van der Waals surface area contributed by atoms with Crippen molar-refractivity contribution in [1.29, 1.82) is 0 Å². The predicted molar refractivity (Wildman–Crippen MR) is 61.4 cm³/mol. The van der Waals surface area contributed by atoms with Gasteiger partial charge in [0.25, 0.3) is 0 Å². The van der Waals surface area contributed by atoms with E-state index < -0.39 is 0 Å². The van der Waals surface area contributed by atoms with E-state index in [2.05, 4.69) is 13.2 Å². The monoisotopic (exact) mass is 202 g/mol. The van der Waals surface area contributed by atoms with Crippen LogP contribution in [0, 0.1) is 0 Å². The quantitative estimate of drug-likeness (QED) is 0.419. The molecule has 0 aliphatic carbocycles. The maximum atomic E-state index is 10.3. The molecule has 0 aromatic carbocycles. The average molecular weight is 202 g/mol. The van der Waals surface area contributed by atoms with Crippen molar-refractivity contribution in [2.45, 2.75) is 57.1 Å². The number of aldehydes is 1. The zero-order chi connectivity index (χ0) is 9.94. The van der Waals surface area contributed by atoms with Gasteiger partial charge in [-0.2, -0.15) is 11.8 Å². The van der Waals surface area contributed by atoms with E-state index in [4.69, 9.17) is 0 Å². The van der Waals surface area contributed by atoms with Crippen LogP contribution in [0.15, 0.2) is 0 Å². The zero-order valence-corrected chi connectivity index (χ0v) is 9.74. The molecule has 0 fully saturated rings. The van der Waals surface area contributed by atoms with E-state index >= 15 is 0 Å². The third-order valence-corrected chi connectivity index (χ3v) is 3.42. The number of unbranched alkanes of at least 4 members (excludes halogenated alkanes) is 4. The fourth-order valence-electron chi connectivity index (χ4n) is 1.41. The normalized spacial score (nSPS) is 12.8. The highest BCUT2D eigenvalue weighted by molar-refractivity contribution is 7.99. The first-order chi connectivity index (χ1) is 6.35. The lowest BCUT2D eigenvalue weighted by atomic mass is 10.1. The molecule has 0 aromatic rings. The second-order valence-corrected chi connectivity index (χ2v) is 4.60. The average Bonchev–Trinajstić information content (AvgIpc) is 2.16. The summed E-state index contributed by atoms with van der Waals surface area (Å²) < 4.78 is 0. The molecule has 0 radical (unpaired) electrons. The maximum Gasteiger partial charge on any atom is 0.121 e. The first-order valence-corrected chi connectivity index (χ1v) is 6.60. The lowest BCUT2D eigenvalue weighted by molar-refractivity contribution is -0.107. The second kappa shape index (κ2) is 10.1. The molecule has 0 heterocycles. The van der Waals surface area contributed by atoms with Gasteiger partial charge in [-0.15, -0.1) is 0 Å². The van der Waals surface area contributed by atoms with Crippen molar-refractivity contribution in [3.8, 4) is 0 Å². The molecular formula is C11H22OS. The number of carbonyl (C=O) groups is 1. The van der Waals surface area contributed by atoms with E-state index in [-0.39, 0.29) is 0 Å². The summed E-state index contributed by atoms with van der Waals surface area (Å²) in [6.07, 6.45) is 11.7. The lowest BCUT2D eigenvalue weighted by Crippen LogP contribution is -2.02. The first-order valence-electron chi connectivity index (χ1n) is 5.31. The SMILES string of the molecule is CCCCCCC[C@H](CC=O)SC. The fraction of sp³-hybridized carbons (Fsp3) is 0.909. The Morgan fingerprint density at radius 1 is 1.23 bits per heavy atom. The van der Waals surface area contributed by atoms with Crippen LogP contribution in [0.2, 0.25) is 0 Å². The van der Waals surface area contributed by atoms with Gasteiger partial charge in [0.15, 0.2) is 0 Å². The molecule has 0 bridgehead atoms. The highest BCUT2D eigenvalue weighted by Gasteiger charge is 2.04. The minimum Gasteiger partial charge on any atom is -0.303 e. The smallest absolute Gasteiger partial charge is 0.121 e. The van der Waals surface area contributed by atoms with Crippen LogP contribution in [0.4, 0.5) is 0 Å². The van der Waals surface area contributed by atoms with Crippen LogP contribution < -0.4 is 0 Å². The molecule has 0 spiro atoms. The Morgan fingerprint density at radius 3 is 2.46 bits per heavy atom. The highest BCUT2D eigenvalue weighted by Crippen LogP contribution is 2.17. The summed E-state index contributed by atoms with van der Waals surface area (Å²) in [5.74, 6) is 0. The predicted octanol–water partition coefficient (Wildman–Crippen LogP) is 3.67. The summed E-state index contributed by atoms with van der Waals surface area (Å²) in [6.45, 7) is 2.23. The molecule has 0 rings (SSSR count). The minimum absolute atomic E-state index is 0.569. The van der Waals surface area contributed by atoms with Gasteiger partial charge in [0.1, 0.15) is 6.29 Å². The van der Waals surface area contributed by atoms with E-state index in [1.165, 1.54) is 38.5 Å². The summed E-state index contributed by atoms with van der Waals surface area (Å²) in [5, 5.41) is 0.569. The van der Waals surface area contributed by atoms with E-state index in [1.807, 2.05) is 11.8 Å². The van der Waals surface area contributed by atoms with Crippen molar-refractivity contribution in [2.24, 2.45) is 0 Å². The van der Waals surface area contributed by atoms with Crippen LogP contribution in [-0.2, 0) is 4.79 Å². The van der Waals surface area contributed by atoms with Crippen LogP contribution in [0.5, 0.6) is 0 Å². The van der Waals surface area contributed by atoms with Crippen LogP contribution >= 0.6 is 11.8 Å². The molecule has 0 saturated heterocycles. The summed E-state index contributed by atoms with van der Waals surface area (Å²) in [6, 6.07) is 0.